The van der Waals surface area contributed by atoms with Gasteiger partial charge in [0.05, 0.1) is 6.54 Å². The molecule has 0 bridgehead atoms. The molecule has 2 rings (SSSR count). The summed E-state index contributed by atoms with van der Waals surface area (Å²) in [5.41, 5.74) is 1.88. The third kappa shape index (κ3) is 3.96. The van der Waals surface area contributed by atoms with Gasteiger partial charge in [0.15, 0.2) is 5.82 Å². The van der Waals surface area contributed by atoms with Crippen LogP contribution in [0.1, 0.15) is 27.3 Å². The second-order valence-electron chi connectivity index (χ2n) is 4.26. The smallest absolute Gasteiger partial charge is 0.328 e. The van der Waals surface area contributed by atoms with Gasteiger partial charge in [-0.05, 0) is 30.2 Å². The Bertz CT molecular complexity index is 679. The van der Waals surface area contributed by atoms with Gasteiger partial charge in [0.2, 0.25) is 0 Å². The molecule has 0 radical (unpaired) electrons. The fourth-order valence-electron chi connectivity index (χ4n) is 1.67. The molecule has 0 aliphatic rings. The van der Waals surface area contributed by atoms with Crippen molar-refractivity contribution in [3.05, 3.63) is 46.8 Å². The maximum Gasteiger partial charge on any atom is 0.328 e. The number of carbonyl (C=O) groups excluding carboxylic acids is 1. The third-order valence-electron chi connectivity index (χ3n) is 2.72. The van der Waals surface area contributed by atoms with Gasteiger partial charge in [0.1, 0.15) is 0 Å². The van der Waals surface area contributed by atoms with E-state index in [-0.39, 0.29) is 12.5 Å². The predicted molar refractivity (Wildman–Crippen MR) is 73.2 cm³/mol. The van der Waals surface area contributed by atoms with Crippen LogP contribution < -0.4 is 5.32 Å². The Labute approximate surface area is 119 Å². The lowest BCUT2D eigenvalue weighted by Gasteiger charge is -2.07. The van der Waals surface area contributed by atoms with Crippen molar-refractivity contribution in [3.8, 4) is 0 Å². The zero-order chi connectivity index (χ0) is 15.2. The van der Waals surface area contributed by atoms with E-state index >= 15 is 0 Å². The van der Waals surface area contributed by atoms with Crippen molar-refractivity contribution >= 4 is 18.0 Å². The molecule has 0 saturated heterocycles. The highest BCUT2D eigenvalue weighted by atomic mass is 16.4. The number of aryl methyl sites for hydroxylation is 1. The van der Waals surface area contributed by atoms with E-state index in [0.717, 1.165) is 11.6 Å². The summed E-state index contributed by atoms with van der Waals surface area (Å²) < 4.78 is 0. The van der Waals surface area contributed by atoms with E-state index in [2.05, 4.69) is 25.9 Å². The first-order valence-corrected chi connectivity index (χ1v) is 6.08. The molecule has 0 spiro atoms. The molecule has 0 saturated carbocycles. The van der Waals surface area contributed by atoms with Crippen LogP contribution in [0.2, 0.25) is 0 Å². The average Bonchev–Trinajstić information content (AvgIpc) is 2.97. The summed E-state index contributed by atoms with van der Waals surface area (Å²) >= 11 is 0. The molecule has 2 aromatic rings. The zero-order valence-electron chi connectivity index (χ0n) is 11.2. The second kappa shape index (κ2) is 6.42. The largest absolute Gasteiger partial charge is 0.478 e. The highest BCUT2D eigenvalue weighted by Crippen LogP contribution is 2.12. The van der Waals surface area contributed by atoms with Gasteiger partial charge in [-0.15, -0.1) is 10.2 Å². The van der Waals surface area contributed by atoms with E-state index < -0.39 is 5.97 Å². The van der Waals surface area contributed by atoms with Crippen LogP contribution in [0.5, 0.6) is 0 Å². The van der Waals surface area contributed by atoms with E-state index in [1.165, 1.54) is 6.08 Å². The van der Waals surface area contributed by atoms with E-state index in [4.69, 9.17) is 5.11 Å². The van der Waals surface area contributed by atoms with Crippen molar-refractivity contribution in [3.63, 3.8) is 0 Å². The van der Waals surface area contributed by atoms with Gasteiger partial charge in [0, 0.05) is 11.6 Å². The molecule has 0 aliphatic heterocycles. The van der Waals surface area contributed by atoms with E-state index in [0.29, 0.717) is 17.0 Å². The van der Waals surface area contributed by atoms with Crippen LogP contribution in [0.4, 0.5) is 0 Å². The molecule has 3 N–H and O–H groups in total. The van der Waals surface area contributed by atoms with Gasteiger partial charge in [-0.2, -0.15) is 5.21 Å². The molecule has 8 nitrogen and oxygen atoms in total. The fourth-order valence-corrected chi connectivity index (χ4v) is 1.67. The molecule has 0 fully saturated rings. The number of hydrogen-bond donors (Lipinski definition) is 3. The number of nitrogens with zero attached hydrogens (tertiary/aromatic N) is 3. The second-order valence-corrected chi connectivity index (χ2v) is 4.26. The fraction of sp³-hybridized carbons (Fsp3) is 0.154. The van der Waals surface area contributed by atoms with Crippen molar-refractivity contribution < 1.29 is 14.7 Å². The molecule has 108 valence electrons. The Morgan fingerprint density at radius 1 is 1.43 bits per heavy atom. The number of amides is 1. The number of tetrazole rings is 1. The molecule has 1 aromatic heterocycles. The van der Waals surface area contributed by atoms with Gasteiger partial charge in [0.25, 0.3) is 5.91 Å². The normalized spacial score (nSPS) is 10.7. The number of H-pyrrole nitrogens is 1. The Morgan fingerprint density at radius 3 is 2.90 bits per heavy atom. The number of benzene rings is 1. The first kappa shape index (κ1) is 14.4. The van der Waals surface area contributed by atoms with Crippen LogP contribution in [0.25, 0.3) is 6.08 Å². The first-order valence-electron chi connectivity index (χ1n) is 6.08. The lowest BCUT2D eigenvalue weighted by molar-refractivity contribution is -0.131. The average molecular weight is 287 g/mol. The van der Waals surface area contributed by atoms with E-state index in [9.17, 15) is 9.59 Å². The van der Waals surface area contributed by atoms with Crippen LogP contribution in [-0.2, 0) is 11.3 Å². The molecule has 1 aromatic carbocycles. The lowest BCUT2D eigenvalue weighted by atomic mass is 10.0. The summed E-state index contributed by atoms with van der Waals surface area (Å²) in [5, 5.41) is 24.4. The number of hydrogen-bond acceptors (Lipinski definition) is 5. The van der Waals surface area contributed by atoms with Crippen LogP contribution in [0, 0.1) is 6.92 Å². The molecular formula is C13H13N5O3. The number of carboxylic acid groups (broad SMARTS) is 1. The van der Waals surface area contributed by atoms with Gasteiger partial charge < -0.3 is 10.4 Å². The van der Waals surface area contributed by atoms with Crippen LogP contribution in [0.15, 0.2) is 24.3 Å². The van der Waals surface area contributed by atoms with Crippen molar-refractivity contribution in [1.29, 1.82) is 0 Å². The number of aliphatic carboxylic acids is 1. The van der Waals surface area contributed by atoms with Crippen LogP contribution >= 0.6 is 0 Å². The van der Waals surface area contributed by atoms with Crippen LogP contribution in [0.3, 0.4) is 0 Å². The van der Waals surface area contributed by atoms with Crippen molar-refractivity contribution in [2.75, 3.05) is 0 Å². The minimum absolute atomic E-state index is 0.157. The summed E-state index contributed by atoms with van der Waals surface area (Å²) in [7, 11) is 0. The minimum atomic E-state index is -1.04. The lowest BCUT2D eigenvalue weighted by Crippen LogP contribution is -2.24. The highest BCUT2D eigenvalue weighted by molar-refractivity contribution is 5.96. The van der Waals surface area contributed by atoms with Gasteiger partial charge in [-0.3, -0.25) is 4.79 Å². The molecule has 1 heterocycles. The molecular weight excluding hydrogens is 274 g/mol. The van der Waals surface area contributed by atoms with Gasteiger partial charge >= 0.3 is 5.97 Å². The van der Waals surface area contributed by atoms with Crippen LogP contribution in [-0.4, -0.2) is 37.6 Å². The number of rotatable bonds is 5. The zero-order valence-corrected chi connectivity index (χ0v) is 11.2. The monoisotopic (exact) mass is 287 g/mol. The maximum absolute atomic E-state index is 12.1. The SMILES string of the molecule is Cc1ccc(C=CC(=O)O)cc1C(=O)NCc1nn[nH]n1. The first-order chi connectivity index (χ1) is 10.1. The molecule has 21 heavy (non-hydrogen) atoms. The third-order valence-corrected chi connectivity index (χ3v) is 2.72. The van der Waals surface area contributed by atoms with Crippen molar-refractivity contribution in [2.45, 2.75) is 13.5 Å². The summed E-state index contributed by atoms with van der Waals surface area (Å²) in [5.74, 6) is -0.954. The predicted octanol–water partition coefficient (Wildman–Crippen LogP) is 0.536. The van der Waals surface area contributed by atoms with Crippen molar-refractivity contribution in [1.82, 2.24) is 25.9 Å². The van der Waals surface area contributed by atoms with Crippen molar-refractivity contribution in [2.24, 2.45) is 0 Å². The summed E-state index contributed by atoms with van der Waals surface area (Å²) in [4.78, 5) is 22.6. The number of carboxylic acids is 1. The topological polar surface area (TPSA) is 121 Å². The Hall–Kier alpha value is -3.03. The number of carbonyl (C=O) groups is 2. The van der Waals surface area contributed by atoms with E-state index in [1.807, 2.05) is 0 Å². The molecule has 0 unspecified atom stereocenters. The molecule has 0 atom stereocenters. The summed E-state index contributed by atoms with van der Waals surface area (Å²) in [6.45, 7) is 1.96. The number of aromatic nitrogens is 4. The highest BCUT2D eigenvalue weighted by Gasteiger charge is 2.10. The Balaban J connectivity index is 2.12. The number of aromatic amines is 1. The van der Waals surface area contributed by atoms with Gasteiger partial charge in [-0.25, -0.2) is 4.79 Å². The molecule has 0 aliphatic carbocycles. The number of nitrogens with one attached hydrogen (secondary N) is 2. The molecule has 1 amide bonds. The molecule has 8 heteroatoms. The maximum atomic E-state index is 12.1. The van der Waals surface area contributed by atoms with E-state index in [1.54, 1.807) is 25.1 Å². The quantitative estimate of drug-likeness (QED) is 0.690. The Kier molecular flexibility index (Phi) is 4.39. The van der Waals surface area contributed by atoms with Gasteiger partial charge in [-0.1, -0.05) is 17.3 Å². The Morgan fingerprint density at radius 2 is 2.24 bits per heavy atom. The minimum Gasteiger partial charge on any atom is -0.478 e. The summed E-state index contributed by atoms with van der Waals surface area (Å²) in [6, 6.07) is 5.12. The standard InChI is InChI=1S/C13H13N5O3/c1-8-2-3-9(4-5-12(19)20)6-10(8)13(21)14-7-11-15-17-18-16-11/h2-6H,7H2,1H3,(H,14,21)(H,19,20)(H,15,16,17,18). The summed E-state index contributed by atoms with van der Waals surface area (Å²) in [6.07, 6.45) is 2.45.